The van der Waals surface area contributed by atoms with E-state index in [9.17, 15) is 18.0 Å². The van der Waals surface area contributed by atoms with E-state index >= 15 is 0 Å². The molecule has 3 rings (SSSR count). The molecule has 0 aliphatic carbocycles. The molecule has 0 saturated heterocycles. The quantitative estimate of drug-likeness (QED) is 0.434. The van der Waals surface area contributed by atoms with Crippen LogP contribution in [0.1, 0.15) is 10.5 Å². The van der Waals surface area contributed by atoms with Crippen LogP contribution in [-0.4, -0.2) is 47.3 Å². The van der Waals surface area contributed by atoms with Crippen molar-refractivity contribution in [3.63, 3.8) is 0 Å². The van der Waals surface area contributed by atoms with Gasteiger partial charge in [-0.2, -0.15) is 0 Å². The molecule has 3 aromatic rings. The molecule has 0 atom stereocenters. The highest BCUT2D eigenvalue weighted by atomic mass is 32.2. The van der Waals surface area contributed by atoms with Gasteiger partial charge in [-0.05, 0) is 24.3 Å². The van der Waals surface area contributed by atoms with Gasteiger partial charge in [0.2, 0.25) is 15.9 Å². The van der Waals surface area contributed by atoms with Crippen LogP contribution in [0, 0.1) is 0 Å². The number of hydrogen-bond donors (Lipinski definition) is 2. The molecule has 10 nitrogen and oxygen atoms in total. The number of anilines is 1. The van der Waals surface area contributed by atoms with E-state index in [0.29, 0.717) is 27.6 Å². The van der Waals surface area contributed by atoms with Crippen LogP contribution in [0.15, 0.2) is 40.5 Å². The number of sulfonamides is 1. The fourth-order valence-corrected chi connectivity index (χ4v) is 4.05. The van der Waals surface area contributed by atoms with E-state index in [1.807, 2.05) is 0 Å². The Kier molecular flexibility index (Phi) is 5.68. The van der Waals surface area contributed by atoms with Gasteiger partial charge in [-0.1, -0.05) is 11.8 Å². The number of nitrogens with two attached hydrogens (primary N) is 1. The molecule has 1 aromatic carbocycles. The maximum Gasteiger partial charge on any atom is 0.354 e. The summed E-state index contributed by atoms with van der Waals surface area (Å²) >= 11 is 1.20. The van der Waals surface area contributed by atoms with E-state index in [1.165, 1.54) is 37.1 Å². The zero-order chi connectivity index (χ0) is 21.3. The number of carbonyl (C=O) groups is 2. The smallest absolute Gasteiger partial charge is 0.354 e. The standard InChI is InChI=1S/C17H19N5O5S2/c1-21-8-10(6-14(21)16(24)27-3)19-15(23)9-28-17-20-12-7-11(29(18,25)26)4-5-13(12)22(17)2/h4-8H,9H2,1-3H3,(H,19,23)(H2,18,25,26). The lowest BCUT2D eigenvalue weighted by Gasteiger charge is -2.03. The Morgan fingerprint density at radius 3 is 2.66 bits per heavy atom. The largest absolute Gasteiger partial charge is 0.464 e. The number of rotatable bonds is 6. The van der Waals surface area contributed by atoms with Crippen molar-refractivity contribution < 1.29 is 22.7 Å². The van der Waals surface area contributed by atoms with Crippen LogP contribution in [0.25, 0.3) is 11.0 Å². The number of primary sulfonamides is 1. The predicted octanol–water partition coefficient (Wildman–Crippen LogP) is 1.08. The van der Waals surface area contributed by atoms with Crippen LogP contribution in [0.2, 0.25) is 0 Å². The summed E-state index contributed by atoms with van der Waals surface area (Å²) in [5.41, 5.74) is 1.97. The Bertz CT molecular complexity index is 1210. The molecule has 0 aliphatic rings. The van der Waals surface area contributed by atoms with Crippen molar-refractivity contribution in [2.45, 2.75) is 10.1 Å². The highest BCUT2D eigenvalue weighted by molar-refractivity contribution is 7.99. The number of nitrogens with zero attached hydrogens (tertiary/aromatic N) is 3. The molecule has 29 heavy (non-hydrogen) atoms. The zero-order valence-corrected chi connectivity index (χ0v) is 17.5. The average molecular weight is 438 g/mol. The van der Waals surface area contributed by atoms with Crippen molar-refractivity contribution in [3.05, 3.63) is 36.2 Å². The zero-order valence-electron chi connectivity index (χ0n) is 15.9. The second-order valence-corrected chi connectivity index (χ2v) is 8.71. The molecule has 0 bridgehead atoms. The summed E-state index contributed by atoms with van der Waals surface area (Å²) in [5, 5.41) is 8.41. The molecular formula is C17H19N5O5S2. The van der Waals surface area contributed by atoms with Gasteiger partial charge >= 0.3 is 5.97 Å². The lowest BCUT2D eigenvalue weighted by molar-refractivity contribution is -0.113. The number of benzene rings is 1. The second kappa shape index (κ2) is 7.89. The number of ether oxygens (including phenoxy) is 1. The minimum absolute atomic E-state index is 0.0251. The molecule has 1 amide bonds. The Morgan fingerprint density at radius 1 is 1.28 bits per heavy atom. The van der Waals surface area contributed by atoms with Crippen molar-refractivity contribution in [1.82, 2.24) is 14.1 Å². The maximum absolute atomic E-state index is 12.3. The molecule has 0 fully saturated rings. The van der Waals surface area contributed by atoms with Gasteiger partial charge in [-0.25, -0.2) is 23.3 Å². The third kappa shape index (κ3) is 4.44. The lowest BCUT2D eigenvalue weighted by atomic mass is 10.3. The fourth-order valence-electron chi connectivity index (χ4n) is 2.73. The summed E-state index contributed by atoms with van der Waals surface area (Å²) in [6.45, 7) is 0. The first-order valence-electron chi connectivity index (χ1n) is 8.26. The SMILES string of the molecule is COC(=O)c1cc(NC(=O)CSc2nc3cc(S(N)(=O)=O)ccc3n2C)cn1C. The van der Waals surface area contributed by atoms with Crippen molar-refractivity contribution >= 4 is 50.4 Å². The van der Waals surface area contributed by atoms with Gasteiger partial charge < -0.3 is 19.2 Å². The first kappa shape index (κ1) is 20.9. The monoisotopic (exact) mass is 437 g/mol. The van der Waals surface area contributed by atoms with Gasteiger partial charge in [0.05, 0.1) is 34.5 Å². The molecular weight excluding hydrogens is 418 g/mol. The number of imidazole rings is 1. The molecule has 0 aliphatic heterocycles. The molecule has 0 spiro atoms. The number of aromatic nitrogens is 3. The Labute approximate surface area is 171 Å². The van der Waals surface area contributed by atoms with Gasteiger partial charge in [-0.3, -0.25) is 4.79 Å². The number of fused-ring (bicyclic) bond motifs is 1. The number of amides is 1. The van der Waals surface area contributed by atoms with Crippen LogP contribution in [0.4, 0.5) is 5.69 Å². The van der Waals surface area contributed by atoms with Gasteiger partial charge in [0.15, 0.2) is 5.16 Å². The molecule has 154 valence electrons. The molecule has 12 heteroatoms. The van der Waals surface area contributed by atoms with Gasteiger partial charge in [0.25, 0.3) is 0 Å². The average Bonchev–Trinajstić information content (AvgIpc) is 3.18. The summed E-state index contributed by atoms with van der Waals surface area (Å²) in [5.74, 6) is -0.711. The Morgan fingerprint density at radius 2 is 2.00 bits per heavy atom. The summed E-state index contributed by atoms with van der Waals surface area (Å²) in [4.78, 5) is 28.3. The Balaban J connectivity index is 1.71. The second-order valence-electron chi connectivity index (χ2n) is 6.20. The van der Waals surface area contributed by atoms with Gasteiger partial charge in [0.1, 0.15) is 5.69 Å². The summed E-state index contributed by atoms with van der Waals surface area (Å²) in [7, 11) is 0.904. The number of thioether (sulfide) groups is 1. The van der Waals surface area contributed by atoms with Crippen molar-refractivity contribution in [3.8, 4) is 0 Å². The number of nitrogens with one attached hydrogen (secondary N) is 1. The van der Waals surface area contributed by atoms with Crippen LogP contribution < -0.4 is 10.5 Å². The van der Waals surface area contributed by atoms with Crippen molar-refractivity contribution in [2.75, 3.05) is 18.2 Å². The summed E-state index contributed by atoms with van der Waals surface area (Å²) in [6.07, 6.45) is 1.61. The first-order valence-corrected chi connectivity index (χ1v) is 10.8. The predicted molar refractivity (Wildman–Crippen MR) is 108 cm³/mol. The van der Waals surface area contributed by atoms with Crippen LogP contribution >= 0.6 is 11.8 Å². The van der Waals surface area contributed by atoms with Gasteiger partial charge in [0, 0.05) is 20.3 Å². The van der Waals surface area contributed by atoms with E-state index in [4.69, 9.17) is 5.14 Å². The Hall–Kier alpha value is -2.83. The van der Waals surface area contributed by atoms with Crippen LogP contribution in [-0.2, 0) is 33.7 Å². The normalized spacial score (nSPS) is 11.6. The molecule has 0 unspecified atom stereocenters. The maximum atomic E-state index is 12.3. The van der Waals surface area contributed by atoms with E-state index in [2.05, 4.69) is 15.0 Å². The topological polar surface area (TPSA) is 138 Å². The fraction of sp³-hybridized carbons (Fsp3) is 0.235. The minimum atomic E-state index is -3.82. The van der Waals surface area contributed by atoms with Crippen molar-refractivity contribution in [1.29, 1.82) is 0 Å². The summed E-state index contributed by atoms with van der Waals surface area (Å²) in [6, 6.07) is 5.95. The molecule has 2 heterocycles. The highest BCUT2D eigenvalue weighted by Crippen LogP contribution is 2.25. The number of aryl methyl sites for hydroxylation is 2. The van der Waals surface area contributed by atoms with Gasteiger partial charge in [-0.15, -0.1) is 0 Å². The van der Waals surface area contributed by atoms with E-state index in [1.54, 1.807) is 35.5 Å². The van der Waals surface area contributed by atoms with Crippen LogP contribution in [0.5, 0.6) is 0 Å². The van der Waals surface area contributed by atoms with E-state index in [0.717, 1.165) is 0 Å². The first-order chi connectivity index (χ1) is 13.6. The summed E-state index contributed by atoms with van der Waals surface area (Å²) < 4.78 is 31.0. The van der Waals surface area contributed by atoms with Crippen molar-refractivity contribution in [2.24, 2.45) is 19.2 Å². The molecule has 3 N–H and O–H groups in total. The number of carbonyl (C=O) groups excluding carboxylic acids is 2. The molecule has 2 aromatic heterocycles. The minimum Gasteiger partial charge on any atom is -0.464 e. The number of hydrogen-bond acceptors (Lipinski definition) is 7. The number of methoxy groups -OCH3 is 1. The lowest BCUT2D eigenvalue weighted by Crippen LogP contribution is -2.14. The highest BCUT2D eigenvalue weighted by Gasteiger charge is 2.16. The third-order valence-electron chi connectivity index (χ3n) is 4.16. The third-order valence-corrected chi connectivity index (χ3v) is 6.10. The van der Waals surface area contributed by atoms with E-state index in [-0.39, 0.29) is 16.6 Å². The van der Waals surface area contributed by atoms with E-state index < -0.39 is 16.0 Å². The number of esters is 1. The van der Waals surface area contributed by atoms with Crippen LogP contribution in [0.3, 0.4) is 0 Å². The molecule has 0 radical (unpaired) electrons. The molecule has 0 saturated carbocycles.